The molecule has 0 bridgehead atoms. The molecule has 0 aliphatic carbocycles. The zero-order chi connectivity index (χ0) is 17.5. The zero-order valence-electron chi connectivity index (χ0n) is 13.0. The van der Waals surface area contributed by atoms with Gasteiger partial charge in [-0.25, -0.2) is 4.39 Å². The summed E-state index contributed by atoms with van der Waals surface area (Å²) in [7, 11) is 0. The van der Waals surface area contributed by atoms with E-state index in [-0.39, 0.29) is 18.2 Å². The number of hydrogen-bond acceptors (Lipinski definition) is 5. The molecule has 24 heavy (non-hydrogen) atoms. The maximum Gasteiger partial charge on any atom is 0.406 e. The van der Waals surface area contributed by atoms with E-state index in [1.807, 2.05) is 0 Å². The summed E-state index contributed by atoms with van der Waals surface area (Å²) in [5.41, 5.74) is 1.37. The van der Waals surface area contributed by atoms with Crippen LogP contribution in [-0.2, 0) is 11.2 Å². The number of carbonyl (C=O) groups excluding carboxylic acids is 1. The molecular formula is C16H16FN3O4. The quantitative estimate of drug-likeness (QED) is 0.619. The molecule has 0 aliphatic heterocycles. The molecule has 0 aliphatic rings. The van der Waals surface area contributed by atoms with Crippen LogP contribution in [0.5, 0.6) is 5.75 Å². The average Bonchev–Trinajstić information content (AvgIpc) is 2.55. The van der Waals surface area contributed by atoms with Gasteiger partial charge in [0.25, 0.3) is 5.91 Å². The Kier molecular flexibility index (Phi) is 5.78. The van der Waals surface area contributed by atoms with Gasteiger partial charge in [-0.3, -0.25) is 4.79 Å². The maximum absolute atomic E-state index is 12.8. The van der Waals surface area contributed by atoms with Crippen LogP contribution in [0.15, 0.2) is 36.4 Å². The number of rotatable bonds is 7. The van der Waals surface area contributed by atoms with Crippen LogP contribution in [0, 0.1) is 22.9 Å². The van der Waals surface area contributed by atoms with E-state index in [0.717, 1.165) is 5.56 Å². The summed E-state index contributed by atoms with van der Waals surface area (Å²) in [6.07, 6.45) is 0.540. The number of nitro groups is 1. The average molecular weight is 333 g/mol. The van der Waals surface area contributed by atoms with Crippen molar-refractivity contribution >= 4 is 11.7 Å². The Hall–Kier alpha value is -3.03. The summed E-state index contributed by atoms with van der Waals surface area (Å²) >= 11 is 0. The summed E-state index contributed by atoms with van der Waals surface area (Å²) in [4.78, 5) is 25.7. The van der Waals surface area contributed by atoms with Crippen molar-refractivity contribution < 1.29 is 18.8 Å². The molecular weight excluding hydrogens is 317 g/mol. The third kappa shape index (κ3) is 5.01. The van der Waals surface area contributed by atoms with Gasteiger partial charge in [-0.1, -0.05) is 12.1 Å². The molecule has 1 aromatic carbocycles. The monoisotopic (exact) mass is 333 g/mol. The summed E-state index contributed by atoms with van der Waals surface area (Å²) in [6.45, 7) is 1.62. The molecule has 2 rings (SSSR count). The Balaban J connectivity index is 1.81. The molecule has 0 saturated carbocycles. The van der Waals surface area contributed by atoms with Gasteiger partial charge in [0.1, 0.15) is 11.5 Å². The van der Waals surface area contributed by atoms with Crippen LogP contribution in [0.1, 0.15) is 11.3 Å². The second-order valence-electron chi connectivity index (χ2n) is 5.05. The number of aromatic nitrogens is 1. The lowest BCUT2D eigenvalue weighted by Gasteiger charge is -2.08. The molecule has 1 amide bonds. The summed E-state index contributed by atoms with van der Waals surface area (Å²) in [6, 6.07) is 8.95. The topological polar surface area (TPSA) is 94.4 Å². The van der Waals surface area contributed by atoms with Gasteiger partial charge in [0.15, 0.2) is 6.61 Å². The van der Waals surface area contributed by atoms with Crippen LogP contribution in [0.2, 0.25) is 0 Å². The first-order valence-electron chi connectivity index (χ1n) is 7.21. The smallest absolute Gasteiger partial charge is 0.406 e. The van der Waals surface area contributed by atoms with Crippen molar-refractivity contribution in [3.05, 3.63) is 63.6 Å². The highest BCUT2D eigenvalue weighted by atomic mass is 19.1. The Labute approximate surface area is 137 Å². The number of halogens is 1. The number of aryl methyl sites for hydroxylation is 1. The van der Waals surface area contributed by atoms with Crippen molar-refractivity contribution in [3.63, 3.8) is 0 Å². The fraction of sp³-hybridized carbons (Fsp3) is 0.250. The predicted molar refractivity (Wildman–Crippen MR) is 84.2 cm³/mol. The van der Waals surface area contributed by atoms with E-state index < -0.39 is 16.6 Å². The first-order valence-corrected chi connectivity index (χ1v) is 7.21. The minimum absolute atomic E-state index is 0.0562. The van der Waals surface area contributed by atoms with Gasteiger partial charge < -0.3 is 20.2 Å². The third-order valence-corrected chi connectivity index (χ3v) is 3.16. The van der Waals surface area contributed by atoms with Gasteiger partial charge >= 0.3 is 5.82 Å². The molecule has 8 heteroatoms. The lowest BCUT2D eigenvalue weighted by Crippen LogP contribution is -2.30. The molecule has 0 fully saturated rings. The largest absolute Gasteiger partial charge is 0.476 e. The standard InChI is InChI=1S/C16H16FN3O4/c1-11-2-7-14(16(19-11)20(22)23)24-10-15(21)18-9-8-12-3-5-13(17)6-4-12/h2-7H,8-10H2,1H3,(H,18,21). The minimum atomic E-state index is -0.658. The summed E-state index contributed by atoms with van der Waals surface area (Å²) in [5, 5.41) is 13.5. The maximum atomic E-state index is 12.8. The lowest BCUT2D eigenvalue weighted by atomic mass is 10.1. The number of benzene rings is 1. The van der Waals surface area contributed by atoms with Crippen molar-refractivity contribution in [2.24, 2.45) is 0 Å². The van der Waals surface area contributed by atoms with Crippen LogP contribution < -0.4 is 10.1 Å². The van der Waals surface area contributed by atoms with Gasteiger partial charge in [-0.2, -0.15) is 0 Å². The lowest BCUT2D eigenvalue weighted by molar-refractivity contribution is -0.390. The first-order chi connectivity index (χ1) is 11.5. The van der Waals surface area contributed by atoms with E-state index in [2.05, 4.69) is 10.3 Å². The van der Waals surface area contributed by atoms with Crippen molar-refractivity contribution in [2.45, 2.75) is 13.3 Å². The molecule has 126 valence electrons. The summed E-state index contributed by atoms with van der Waals surface area (Å²) in [5.74, 6) is -1.20. The molecule has 1 heterocycles. The fourth-order valence-electron chi connectivity index (χ4n) is 1.97. The van der Waals surface area contributed by atoms with E-state index in [1.54, 1.807) is 25.1 Å². The number of nitrogens with one attached hydrogen (secondary N) is 1. The second-order valence-corrected chi connectivity index (χ2v) is 5.05. The first kappa shape index (κ1) is 17.3. The number of nitrogens with zero attached hydrogens (tertiary/aromatic N) is 2. The normalized spacial score (nSPS) is 10.2. The van der Waals surface area contributed by atoms with Gasteiger partial charge in [-0.15, -0.1) is 0 Å². The Morgan fingerprint density at radius 2 is 2.00 bits per heavy atom. The minimum Gasteiger partial charge on any atom is -0.476 e. The number of ether oxygens (including phenoxy) is 1. The molecule has 7 nitrogen and oxygen atoms in total. The van der Waals surface area contributed by atoms with Crippen LogP contribution >= 0.6 is 0 Å². The SMILES string of the molecule is Cc1ccc(OCC(=O)NCCc2ccc(F)cc2)c([N+](=O)[O-])n1. The number of carbonyl (C=O) groups is 1. The van der Waals surface area contributed by atoms with Gasteiger partial charge in [0.05, 0.1) is 0 Å². The van der Waals surface area contributed by atoms with E-state index in [1.165, 1.54) is 18.2 Å². The summed E-state index contributed by atoms with van der Waals surface area (Å²) < 4.78 is 17.9. The van der Waals surface area contributed by atoms with E-state index in [9.17, 15) is 19.3 Å². The molecule has 0 atom stereocenters. The molecule has 2 aromatic rings. The van der Waals surface area contributed by atoms with Crippen molar-refractivity contribution in [1.29, 1.82) is 0 Å². The fourth-order valence-corrected chi connectivity index (χ4v) is 1.97. The second kappa shape index (κ2) is 8.00. The van der Waals surface area contributed by atoms with E-state index >= 15 is 0 Å². The zero-order valence-corrected chi connectivity index (χ0v) is 13.0. The molecule has 1 aromatic heterocycles. The van der Waals surface area contributed by atoms with Crippen molar-refractivity contribution in [3.8, 4) is 5.75 Å². The van der Waals surface area contributed by atoms with Crippen LogP contribution in [0.4, 0.5) is 10.2 Å². The number of pyridine rings is 1. The van der Waals surface area contributed by atoms with Crippen LogP contribution in [0.25, 0.3) is 0 Å². The molecule has 0 spiro atoms. The van der Waals surface area contributed by atoms with Crippen molar-refractivity contribution in [1.82, 2.24) is 10.3 Å². The third-order valence-electron chi connectivity index (χ3n) is 3.16. The number of amides is 1. The molecule has 1 N–H and O–H groups in total. The van der Waals surface area contributed by atoms with E-state index in [4.69, 9.17) is 4.74 Å². The number of hydrogen-bond donors (Lipinski definition) is 1. The Bertz CT molecular complexity index is 735. The van der Waals surface area contributed by atoms with Crippen molar-refractivity contribution in [2.75, 3.05) is 13.2 Å². The predicted octanol–water partition coefficient (Wildman–Crippen LogP) is 2.18. The van der Waals surface area contributed by atoms with E-state index in [0.29, 0.717) is 18.7 Å². The highest BCUT2D eigenvalue weighted by Crippen LogP contribution is 2.24. The Morgan fingerprint density at radius 1 is 1.29 bits per heavy atom. The molecule has 0 saturated heterocycles. The highest BCUT2D eigenvalue weighted by molar-refractivity contribution is 5.77. The Morgan fingerprint density at radius 3 is 2.67 bits per heavy atom. The highest BCUT2D eigenvalue weighted by Gasteiger charge is 2.18. The molecule has 0 unspecified atom stereocenters. The van der Waals surface area contributed by atoms with Gasteiger partial charge in [0, 0.05) is 13.5 Å². The van der Waals surface area contributed by atoms with Gasteiger partial charge in [-0.05, 0) is 46.2 Å². The molecule has 0 radical (unpaired) electrons. The van der Waals surface area contributed by atoms with Gasteiger partial charge in [0.2, 0.25) is 5.75 Å². The van der Waals surface area contributed by atoms with Crippen LogP contribution in [-0.4, -0.2) is 29.0 Å². The van der Waals surface area contributed by atoms with Crippen LogP contribution in [0.3, 0.4) is 0 Å².